The van der Waals surface area contributed by atoms with Gasteiger partial charge in [-0.15, -0.1) is 0 Å². The molecule has 0 aliphatic carbocycles. The summed E-state index contributed by atoms with van der Waals surface area (Å²) in [5.74, 6) is 0.0117. The van der Waals surface area contributed by atoms with Gasteiger partial charge < -0.3 is 15.1 Å². The summed E-state index contributed by atoms with van der Waals surface area (Å²) in [4.78, 5) is 28.0. The molecule has 7 heteroatoms. The van der Waals surface area contributed by atoms with Gasteiger partial charge in [-0.05, 0) is 30.7 Å². The monoisotopic (exact) mass is 361 g/mol. The van der Waals surface area contributed by atoms with Gasteiger partial charge in [0, 0.05) is 30.6 Å². The Morgan fingerprint density at radius 1 is 1.27 bits per heavy atom. The minimum atomic E-state index is -0.438. The van der Waals surface area contributed by atoms with E-state index < -0.39 is 5.82 Å². The number of nitrogens with zero attached hydrogens (tertiary/aromatic N) is 1. The molecular formula is C19H24FN3O3. The molecule has 2 atom stereocenters. The Bertz CT molecular complexity index is 701. The second kappa shape index (κ2) is 9.70. The summed E-state index contributed by atoms with van der Waals surface area (Å²) in [6, 6.07) is 6.23. The molecular weight excluding hydrogens is 337 g/mol. The minimum Gasteiger partial charge on any atom is -0.469 e. The van der Waals surface area contributed by atoms with Crippen LogP contribution in [0, 0.1) is 5.82 Å². The Hall–Kier alpha value is -2.70. The van der Waals surface area contributed by atoms with Crippen LogP contribution in [-0.2, 0) is 16.0 Å². The van der Waals surface area contributed by atoms with Gasteiger partial charge in [0.05, 0.1) is 18.9 Å². The van der Waals surface area contributed by atoms with Crippen LogP contribution in [0.25, 0.3) is 0 Å². The zero-order valence-electron chi connectivity index (χ0n) is 15.0. The Labute approximate surface area is 152 Å². The highest BCUT2D eigenvalue weighted by atomic mass is 19.1. The number of carbonyl (C=O) groups excluding carboxylic acids is 2. The fourth-order valence-electron chi connectivity index (χ4n) is 2.51. The fourth-order valence-corrected chi connectivity index (χ4v) is 2.51. The van der Waals surface area contributed by atoms with Gasteiger partial charge in [0.15, 0.2) is 0 Å². The smallest absolute Gasteiger partial charge is 0.226 e. The third kappa shape index (κ3) is 6.31. The number of amides is 2. The van der Waals surface area contributed by atoms with Crippen molar-refractivity contribution in [2.75, 3.05) is 6.54 Å². The summed E-state index contributed by atoms with van der Waals surface area (Å²) in [6.07, 6.45) is 3.75. The molecule has 0 spiro atoms. The van der Waals surface area contributed by atoms with E-state index in [1.165, 1.54) is 12.1 Å². The maximum Gasteiger partial charge on any atom is 0.226 e. The lowest BCUT2D eigenvalue weighted by Crippen LogP contribution is -2.43. The van der Waals surface area contributed by atoms with Crippen molar-refractivity contribution in [3.8, 4) is 0 Å². The van der Waals surface area contributed by atoms with E-state index >= 15 is 0 Å². The number of carbonyl (C=O) groups is 2. The largest absolute Gasteiger partial charge is 0.469 e. The van der Waals surface area contributed by atoms with Crippen LogP contribution in [0.1, 0.15) is 44.1 Å². The van der Waals surface area contributed by atoms with Crippen LogP contribution in [0.5, 0.6) is 0 Å². The van der Waals surface area contributed by atoms with Gasteiger partial charge >= 0.3 is 0 Å². The fraction of sp³-hybridized carbons (Fsp3) is 0.421. The average molecular weight is 361 g/mol. The van der Waals surface area contributed by atoms with E-state index in [9.17, 15) is 14.0 Å². The number of hydrogen-bond donors (Lipinski definition) is 2. The van der Waals surface area contributed by atoms with E-state index in [1.807, 2.05) is 19.9 Å². The van der Waals surface area contributed by atoms with Crippen molar-refractivity contribution >= 4 is 11.8 Å². The van der Waals surface area contributed by atoms with E-state index in [1.54, 1.807) is 12.3 Å². The molecule has 2 N–H and O–H groups in total. The number of halogens is 1. The molecule has 2 unspecified atom stereocenters. The summed E-state index contributed by atoms with van der Waals surface area (Å²) in [5, 5.41) is 5.70. The highest BCUT2D eigenvalue weighted by Crippen LogP contribution is 2.18. The van der Waals surface area contributed by atoms with Crippen LogP contribution >= 0.6 is 0 Å². The molecule has 0 saturated carbocycles. The minimum absolute atomic E-state index is 0.0124. The first-order valence-electron chi connectivity index (χ1n) is 8.67. The number of aromatic nitrogens is 1. The number of nitrogens with one attached hydrogen (secondary N) is 2. The van der Waals surface area contributed by atoms with Crippen molar-refractivity contribution in [1.82, 2.24) is 15.6 Å². The highest BCUT2D eigenvalue weighted by molar-refractivity contribution is 5.79. The summed E-state index contributed by atoms with van der Waals surface area (Å²) >= 11 is 0. The SMILES string of the molecule is CCC(CNC(=O)Cc1ccc(F)cn1)NC(=O)CC(C)c1ccco1. The average Bonchev–Trinajstić information content (AvgIpc) is 3.15. The van der Waals surface area contributed by atoms with Crippen molar-refractivity contribution in [2.24, 2.45) is 0 Å². The van der Waals surface area contributed by atoms with Crippen molar-refractivity contribution in [3.05, 3.63) is 54.0 Å². The van der Waals surface area contributed by atoms with Crippen LogP contribution in [0.2, 0.25) is 0 Å². The molecule has 140 valence electrons. The lowest BCUT2D eigenvalue weighted by atomic mass is 10.0. The first-order valence-corrected chi connectivity index (χ1v) is 8.67. The van der Waals surface area contributed by atoms with Crippen molar-refractivity contribution in [2.45, 2.75) is 45.1 Å². The molecule has 2 amide bonds. The lowest BCUT2D eigenvalue weighted by Gasteiger charge is -2.18. The normalized spacial score (nSPS) is 13.0. The second-order valence-electron chi connectivity index (χ2n) is 6.24. The number of pyridine rings is 1. The zero-order valence-corrected chi connectivity index (χ0v) is 15.0. The van der Waals surface area contributed by atoms with Crippen molar-refractivity contribution < 1.29 is 18.4 Å². The molecule has 2 rings (SSSR count). The molecule has 26 heavy (non-hydrogen) atoms. The predicted molar refractivity (Wildman–Crippen MR) is 94.9 cm³/mol. The third-order valence-electron chi connectivity index (χ3n) is 4.05. The van der Waals surface area contributed by atoms with Crippen LogP contribution in [0.3, 0.4) is 0 Å². The first-order chi connectivity index (χ1) is 12.5. The van der Waals surface area contributed by atoms with Gasteiger partial charge in [0.25, 0.3) is 0 Å². The predicted octanol–water partition coefficient (Wildman–Crippen LogP) is 2.56. The third-order valence-corrected chi connectivity index (χ3v) is 4.05. The van der Waals surface area contributed by atoms with Gasteiger partial charge in [-0.1, -0.05) is 13.8 Å². The number of furan rings is 1. The quantitative estimate of drug-likeness (QED) is 0.719. The molecule has 2 aromatic heterocycles. The summed E-state index contributed by atoms with van der Waals surface area (Å²) in [6.45, 7) is 4.20. The maximum atomic E-state index is 12.8. The van der Waals surface area contributed by atoms with Gasteiger partial charge in [-0.2, -0.15) is 0 Å². The Kier molecular flexibility index (Phi) is 7.32. The molecule has 0 bridgehead atoms. The van der Waals surface area contributed by atoms with Gasteiger partial charge in [0.1, 0.15) is 11.6 Å². The summed E-state index contributed by atoms with van der Waals surface area (Å²) < 4.78 is 18.1. The van der Waals surface area contributed by atoms with Crippen molar-refractivity contribution in [3.63, 3.8) is 0 Å². The standard InChI is InChI=1S/C19H24FN3O3/c1-3-15(23-19(25)9-13(2)17-5-4-8-26-17)12-22-18(24)10-16-7-6-14(20)11-21-16/h4-8,11,13,15H,3,9-10,12H2,1-2H3,(H,22,24)(H,23,25). The highest BCUT2D eigenvalue weighted by Gasteiger charge is 2.17. The van der Waals surface area contributed by atoms with Gasteiger partial charge in [-0.3, -0.25) is 14.6 Å². The molecule has 0 radical (unpaired) electrons. The maximum absolute atomic E-state index is 12.8. The summed E-state index contributed by atoms with van der Waals surface area (Å²) in [7, 11) is 0. The molecule has 0 aromatic carbocycles. The molecule has 2 aromatic rings. The van der Waals surface area contributed by atoms with Crippen LogP contribution < -0.4 is 10.6 Å². The van der Waals surface area contributed by atoms with Gasteiger partial charge in [0.2, 0.25) is 11.8 Å². The van der Waals surface area contributed by atoms with Crippen LogP contribution in [0.4, 0.5) is 4.39 Å². The Morgan fingerprint density at radius 2 is 2.08 bits per heavy atom. The van der Waals surface area contributed by atoms with Crippen LogP contribution in [-0.4, -0.2) is 29.4 Å². The van der Waals surface area contributed by atoms with E-state index in [4.69, 9.17) is 4.42 Å². The molecule has 0 aliphatic heterocycles. The van der Waals surface area contributed by atoms with E-state index in [2.05, 4.69) is 15.6 Å². The first kappa shape index (κ1) is 19.6. The molecule has 0 aliphatic rings. The molecule has 6 nitrogen and oxygen atoms in total. The van der Waals surface area contributed by atoms with Crippen molar-refractivity contribution in [1.29, 1.82) is 0 Å². The second-order valence-corrected chi connectivity index (χ2v) is 6.24. The van der Waals surface area contributed by atoms with E-state index in [0.29, 0.717) is 25.1 Å². The van der Waals surface area contributed by atoms with E-state index in [-0.39, 0.29) is 30.2 Å². The topological polar surface area (TPSA) is 84.2 Å². The Morgan fingerprint density at radius 3 is 2.69 bits per heavy atom. The van der Waals surface area contributed by atoms with Gasteiger partial charge in [-0.25, -0.2) is 4.39 Å². The number of hydrogen-bond acceptors (Lipinski definition) is 4. The lowest BCUT2D eigenvalue weighted by molar-refractivity contribution is -0.123. The molecule has 2 heterocycles. The molecule has 0 fully saturated rings. The summed E-state index contributed by atoms with van der Waals surface area (Å²) in [5.41, 5.74) is 0.494. The zero-order chi connectivity index (χ0) is 18.9. The Balaban J connectivity index is 1.74. The number of rotatable bonds is 9. The molecule has 0 saturated heterocycles. The van der Waals surface area contributed by atoms with Crippen LogP contribution in [0.15, 0.2) is 41.1 Å². The van der Waals surface area contributed by atoms with E-state index in [0.717, 1.165) is 12.0 Å².